The average molecular weight is 282 g/mol. The predicted octanol–water partition coefficient (Wildman–Crippen LogP) is 3.35. The first-order chi connectivity index (χ1) is 8.86. The Bertz CT molecular complexity index is 627. The smallest absolute Gasteiger partial charge is 0.296 e. The maximum Gasteiger partial charge on any atom is 0.296 e. The van der Waals surface area contributed by atoms with Crippen LogP contribution in [0, 0.1) is 0 Å². The van der Waals surface area contributed by atoms with Gasteiger partial charge in [0.15, 0.2) is 0 Å². The second kappa shape index (κ2) is 6.26. The van der Waals surface area contributed by atoms with E-state index >= 15 is 0 Å². The average Bonchev–Trinajstić information content (AvgIpc) is 2.33. The lowest BCUT2D eigenvalue weighted by atomic mass is 10.3. The van der Waals surface area contributed by atoms with Crippen LogP contribution in [0.25, 0.3) is 0 Å². The number of hydrogen-bond donors (Lipinski definition) is 2. The largest absolute Gasteiger partial charge is 0.510 e. The number of azo groups is 1. The molecule has 0 saturated heterocycles. The lowest BCUT2D eigenvalue weighted by Crippen LogP contribution is -2.05. The fourth-order valence-electron chi connectivity index (χ4n) is 1.31. The van der Waals surface area contributed by atoms with Crippen LogP contribution in [0.5, 0.6) is 0 Å². The van der Waals surface area contributed by atoms with Crippen LogP contribution in [0.1, 0.15) is 13.8 Å². The molecular weight excluding hydrogens is 268 g/mol. The van der Waals surface area contributed by atoms with Crippen LogP contribution in [0.15, 0.2) is 63.0 Å². The Balaban J connectivity index is 3.20. The fourth-order valence-corrected chi connectivity index (χ4v) is 2.04. The van der Waals surface area contributed by atoms with Crippen molar-refractivity contribution in [2.75, 3.05) is 0 Å². The van der Waals surface area contributed by atoms with Gasteiger partial charge < -0.3 is 5.11 Å². The molecule has 0 heterocycles. The Kier molecular flexibility index (Phi) is 4.96. The summed E-state index contributed by atoms with van der Waals surface area (Å²) in [5.74, 6) is -0.356. The Morgan fingerprint density at radius 2 is 1.84 bits per heavy atom. The second-order valence-corrected chi connectivity index (χ2v) is 4.99. The van der Waals surface area contributed by atoms with E-state index in [0.29, 0.717) is 5.69 Å². The quantitative estimate of drug-likeness (QED) is 0.383. The van der Waals surface area contributed by atoms with Gasteiger partial charge in [-0.05, 0) is 26.0 Å². The third-order valence-electron chi connectivity index (χ3n) is 2.14. The molecule has 0 saturated carbocycles. The highest BCUT2D eigenvalue weighted by atomic mass is 32.2. The summed E-state index contributed by atoms with van der Waals surface area (Å²) in [6, 6.07) is 8.60. The minimum absolute atomic E-state index is 0.297. The molecule has 0 bridgehead atoms. The Morgan fingerprint density at radius 3 is 2.26 bits per heavy atom. The minimum Gasteiger partial charge on any atom is -0.510 e. The van der Waals surface area contributed by atoms with Crippen LogP contribution in [0.3, 0.4) is 0 Å². The van der Waals surface area contributed by atoms with E-state index in [1.807, 2.05) is 0 Å². The zero-order valence-corrected chi connectivity index (χ0v) is 11.3. The van der Waals surface area contributed by atoms with Crippen LogP contribution in [0.4, 0.5) is 5.69 Å². The molecule has 0 radical (unpaired) electrons. The molecule has 0 aromatic heterocycles. The van der Waals surface area contributed by atoms with Gasteiger partial charge in [0.2, 0.25) is 0 Å². The molecule has 2 N–H and O–H groups in total. The summed E-state index contributed by atoms with van der Waals surface area (Å²) in [6.45, 7) is 2.66. The van der Waals surface area contributed by atoms with Gasteiger partial charge in [-0.1, -0.05) is 24.3 Å². The van der Waals surface area contributed by atoms with Gasteiger partial charge in [0.25, 0.3) is 10.1 Å². The van der Waals surface area contributed by atoms with Crippen LogP contribution in [-0.4, -0.2) is 18.1 Å². The Morgan fingerprint density at radius 1 is 1.26 bits per heavy atom. The van der Waals surface area contributed by atoms with Gasteiger partial charge in [0.05, 0.1) is 5.69 Å². The maximum absolute atomic E-state index is 11.2. The summed E-state index contributed by atoms with van der Waals surface area (Å²) < 4.78 is 31.4. The number of rotatable bonds is 4. The van der Waals surface area contributed by atoms with Crippen molar-refractivity contribution in [3.05, 3.63) is 52.8 Å². The molecule has 0 spiro atoms. The fraction of sp³-hybridized carbons (Fsp3) is 0.167. The lowest BCUT2D eigenvalue weighted by molar-refractivity contribution is 0.406. The van der Waals surface area contributed by atoms with E-state index in [4.69, 9.17) is 4.55 Å². The molecule has 19 heavy (non-hydrogen) atoms. The first-order valence-corrected chi connectivity index (χ1v) is 6.81. The van der Waals surface area contributed by atoms with Gasteiger partial charge in [0.1, 0.15) is 16.4 Å². The molecule has 1 aromatic carbocycles. The first-order valence-electron chi connectivity index (χ1n) is 5.37. The molecule has 0 unspecified atom stereocenters. The monoisotopic (exact) mass is 282 g/mol. The summed E-state index contributed by atoms with van der Waals surface area (Å²) in [6.07, 6.45) is 1.13. The lowest BCUT2D eigenvalue weighted by Gasteiger charge is -2.04. The minimum atomic E-state index is -4.47. The number of aliphatic hydroxyl groups is 1. The number of allylic oxidation sites excluding steroid dienone is 2. The predicted molar refractivity (Wildman–Crippen MR) is 71.6 cm³/mol. The van der Waals surface area contributed by atoms with Crippen LogP contribution >= 0.6 is 0 Å². The van der Waals surface area contributed by atoms with E-state index in [9.17, 15) is 13.5 Å². The van der Waals surface area contributed by atoms with Crippen LogP contribution in [0.2, 0.25) is 0 Å². The molecule has 1 rings (SSSR count). The highest BCUT2D eigenvalue weighted by molar-refractivity contribution is 7.90. The topological polar surface area (TPSA) is 99.3 Å². The second-order valence-electron chi connectivity index (χ2n) is 3.60. The zero-order valence-electron chi connectivity index (χ0n) is 10.5. The molecule has 0 atom stereocenters. The van der Waals surface area contributed by atoms with Crippen molar-refractivity contribution in [2.24, 2.45) is 10.2 Å². The Hall–Kier alpha value is -1.99. The van der Waals surface area contributed by atoms with E-state index in [1.54, 1.807) is 30.3 Å². The van der Waals surface area contributed by atoms with Gasteiger partial charge in [0, 0.05) is 0 Å². The van der Waals surface area contributed by atoms with Crippen LogP contribution < -0.4 is 0 Å². The summed E-state index contributed by atoms with van der Waals surface area (Å²) in [7, 11) is -4.47. The third-order valence-corrected chi connectivity index (χ3v) is 3.12. The van der Waals surface area contributed by atoms with Gasteiger partial charge in [-0.25, -0.2) is 0 Å². The molecule has 0 amide bonds. The molecule has 0 aliphatic carbocycles. The summed E-state index contributed by atoms with van der Waals surface area (Å²) in [5.41, 5.74) is 0.195. The summed E-state index contributed by atoms with van der Waals surface area (Å²) in [4.78, 5) is -0.493. The van der Waals surface area contributed by atoms with Crippen molar-refractivity contribution in [3.8, 4) is 0 Å². The molecule has 7 heteroatoms. The van der Waals surface area contributed by atoms with E-state index in [1.165, 1.54) is 13.8 Å². The van der Waals surface area contributed by atoms with E-state index in [2.05, 4.69) is 10.2 Å². The number of hydrogen-bond acceptors (Lipinski definition) is 5. The normalized spacial score (nSPS) is 14.6. The molecule has 1 aromatic rings. The van der Waals surface area contributed by atoms with Crippen LogP contribution in [-0.2, 0) is 10.1 Å². The Labute approximate surface area is 111 Å². The van der Waals surface area contributed by atoms with Crippen molar-refractivity contribution in [3.63, 3.8) is 0 Å². The SMILES string of the molecule is C\C=C(C(/N=N/c1ccccc1)=C(\C)O)\S(=O)(=O)O. The molecule has 0 aliphatic rings. The summed E-state index contributed by atoms with van der Waals surface area (Å²) >= 11 is 0. The molecule has 102 valence electrons. The maximum atomic E-state index is 11.2. The van der Waals surface area contributed by atoms with Gasteiger partial charge in [-0.2, -0.15) is 13.5 Å². The van der Waals surface area contributed by atoms with Crippen molar-refractivity contribution < 1.29 is 18.1 Å². The highest BCUT2D eigenvalue weighted by Crippen LogP contribution is 2.22. The first kappa shape index (κ1) is 15.1. The summed E-state index contributed by atoms with van der Waals surface area (Å²) in [5, 5.41) is 16.9. The highest BCUT2D eigenvalue weighted by Gasteiger charge is 2.20. The van der Waals surface area contributed by atoms with Crippen molar-refractivity contribution in [1.29, 1.82) is 0 Å². The number of nitrogens with zero attached hydrogens (tertiary/aromatic N) is 2. The van der Waals surface area contributed by atoms with Gasteiger partial charge in [-0.3, -0.25) is 4.55 Å². The van der Waals surface area contributed by atoms with E-state index in [0.717, 1.165) is 6.08 Å². The molecule has 6 nitrogen and oxygen atoms in total. The van der Waals surface area contributed by atoms with Crippen molar-refractivity contribution in [2.45, 2.75) is 13.8 Å². The number of benzene rings is 1. The van der Waals surface area contributed by atoms with Gasteiger partial charge in [-0.15, -0.1) is 5.11 Å². The number of aliphatic hydroxyl groups excluding tert-OH is 1. The third kappa shape index (κ3) is 4.31. The van der Waals surface area contributed by atoms with Crippen molar-refractivity contribution in [1.82, 2.24) is 0 Å². The molecule has 0 fully saturated rings. The van der Waals surface area contributed by atoms with Crippen molar-refractivity contribution >= 4 is 15.8 Å². The standard InChI is InChI=1S/C12H14N2O4S/c1-3-11(19(16,17)18)12(9(2)15)14-13-10-7-5-4-6-8-10/h3-8,15H,1-2H3,(H,16,17,18)/b11-3+,12-9-,14-13+. The van der Waals surface area contributed by atoms with E-state index in [-0.39, 0.29) is 11.5 Å². The molecular formula is C12H14N2O4S. The zero-order chi connectivity index (χ0) is 14.5. The van der Waals surface area contributed by atoms with E-state index < -0.39 is 15.0 Å². The molecule has 0 aliphatic heterocycles. The van der Waals surface area contributed by atoms with Gasteiger partial charge >= 0.3 is 0 Å².